The molecule has 24 nitrogen and oxygen atoms in total. The maximum absolute atomic E-state index is 14.0. The first kappa shape index (κ1) is 50.4. The number of terminal acetylenes is 1. The van der Waals surface area contributed by atoms with Crippen LogP contribution in [0.4, 0.5) is 17.8 Å². The van der Waals surface area contributed by atoms with Crippen LogP contribution in [0.1, 0.15) is 68.9 Å². The van der Waals surface area contributed by atoms with E-state index in [9.17, 15) is 19.5 Å². The molecule has 358 valence electrons. The van der Waals surface area contributed by atoms with Crippen LogP contribution in [-0.4, -0.2) is 200 Å². The maximum atomic E-state index is 14.0. The molecule has 5 heterocycles. The molecule has 3 atom stereocenters. The van der Waals surface area contributed by atoms with E-state index < -0.39 is 24.2 Å². The van der Waals surface area contributed by atoms with E-state index in [1.807, 2.05) is 9.80 Å². The molecule has 5 rings (SSSR count). The van der Waals surface area contributed by atoms with Gasteiger partial charge in [0, 0.05) is 77.7 Å². The summed E-state index contributed by atoms with van der Waals surface area (Å²) >= 11 is 0. The van der Waals surface area contributed by atoms with Crippen LogP contribution in [0.5, 0.6) is 0 Å². The third-order valence-electron chi connectivity index (χ3n) is 10.9. The summed E-state index contributed by atoms with van der Waals surface area (Å²) in [5, 5.41) is 39.9. The standard InChI is InChI=1S/C41H66N16O8/c1-3-23-63-25-27-65-28-26-64-24-14-44-39-45-40(54-19-15-52(16-20-54)37(61)34(9-5-7-13-43)56-29-33(49-50-56)10-11-35(59)60)47-41(46-39)55-21-17-53(18-22-55)38(62)36(31(2)58)57-30-32(48-51-57)8-4-6-12-42/h1,29-31,34,36,58H,4-28,42-43H2,2H3,(H,59,60)(H,44,45,46,47)/t31-,34+,36+/m1/s1. The SMILES string of the molecule is C#CCOCCOCCOCCNc1nc(N2CCN(C(=O)[C@H]([C@@H](C)O)n3cc(CCCCN)nn3)CC2)nc(N2CCN(C(=O)[C@H](CCCCN)n3cc(CCC(=O)O)nn3)CC2)n1. The normalized spacial score (nSPS) is 15.7. The third-order valence-corrected chi connectivity index (χ3v) is 10.9. The third kappa shape index (κ3) is 15.8. The summed E-state index contributed by atoms with van der Waals surface area (Å²) in [4.78, 5) is 61.0. The lowest BCUT2D eigenvalue weighted by atomic mass is 10.1. The molecule has 2 fully saturated rings. The molecular formula is C41H66N16O8. The molecule has 65 heavy (non-hydrogen) atoms. The Morgan fingerprint density at radius 3 is 1.91 bits per heavy atom. The predicted octanol–water partition coefficient (Wildman–Crippen LogP) is -1.26. The van der Waals surface area contributed by atoms with E-state index in [2.05, 4.69) is 31.9 Å². The zero-order valence-electron chi connectivity index (χ0n) is 37.5. The van der Waals surface area contributed by atoms with Crippen LogP contribution in [0.3, 0.4) is 0 Å². The largest absolute Gasteiger partial charge is 0.481 e. The molecule has 24 heteroatoms. The van der Waals surface area contributed by atoms with Gasteiger partial charge in [-0.1, -0.05) is 16.3 Å². The number of nitrogens with zero attached hydrogens (tertiary/aromatic N) is 13. The van der Waals surface area contributed by atoms with Crippen LogP contribution < -0.4 is 26.6 Å². The first-order valence-corrected chi connectivity index (χ1v) is 22.5. The fraction of sp³-hybridized carbons (Fsp3) is 0.707. The molecule has 2 aliphatic rings. The van der Waals surface area contributed by atoms with Crippen molar-refractivity contribution in [3.63, 3.8) is 0 Å². The summed E-state index contributed by atoms with van der Waals surface area (Å²) in [7, 11) is 0. The number of piperazine rings is 2. The number of anilines is 3. The molecule has 0 unspecified atom stereocenters. The Morgan fingerprint density at radius 1 is 0.754 bits per heavy atom. The Labute approximate surface area is 379 Å². The molecule has 2 amide bonds. The lowest BCUT2D eigenvalue weighted by Gasteiger charge is -2.38. The Morgan fingerprint density at radius 2 is 1.31 bits per heavy atom. The number of aromatic nitrogens is 9. The van der Waals surface area contributed by atoms with E-state index in [0.29, 0.717) is 148 Å². The highest BCUT2D eigenvalue weighted by Gasteiger charge is 2.35. The number of nitrogens with two attached hydrogens (primary N) is 2. The van der Waals surface area contributed by atoms with Crippen LogP contribution in [0.15, 0.2) is 12.4 Å². The summed E-state index contributed by atoms with van der Waals surface area (Å²) in [6, 6.07) is -1.54. The Kier molecular flexibility index (Phi) is 21.0. The number of carbonyl (C=O) groups excluding carboxylic acids is 2. The fourth-order valence-electron chi connectivity index (χ4n) is 7.39. The number of rotatable bonds is 29. The van der Waals surface area contributed by atoms with E-state index in [-0.39, 0.29) is 31.3 Å². The molecule has 0 radical (unpaired) electrons. The van der Waals surface area contributed by atoms with Gasteiger partial charge in [-0.15, -0.1) is 16.6 Å². The summed E-state index contributed by atoms with van der Waals surface area (Å²) < 4.78 is 19.5. The number of carbonyl (C=O) groups is 3. The minimum absolute atomic E-state index is 0.0835. The topological polar surface area (TPSA) is 296 Å². The van der Waals surface area contributed by atoms with Gasteiger partial charge in [-0.25, -0.2) is 9.36 Å². The van der Waals surface area contributed by atoms with Crippen molar-refractivity contribution in [2.24, 2.45) is 11.5 Å². The van der Waals surface area contributed by atoms with Crippen molar-refractivity contribution in [2.75, 3.05) is 127 Å². The van der Waals surface area contributed by atoms with Crippen LogP contribution >= 0.6 is 0 Å². The number of aryl methyl sites for hydroxylation is 2. The number of aliphatic hydroxyl groups is 1. The number of hydrogen-bond donors (Lipinski definition) is 5. The number of unbranched alkanes of at least 4 members (excludes halogenated alkanes) is 2. The van der Waals surface area contributed by atoms with Crippen LogP contribution in [0.25, 0.3) is 0 Å². The van der Waals surface area contributed by atoms with Gasteiger partial charge in [0.2, 0.25) is 29.7 Å². The molecule has 3 aromatic heterocycles. The highest BCUT2D eigenvalue weighted by atomic mass is 16.5. The lowest BCUT2D eigenvalue weighted by molar-refractivity contribution is -0.139. The summed E-state index contributed by atoms with van der Waals surface area (Å²) in [6.07, 6.45) is 12.1. The molecule has 7 N–H and O–H groups in total. The molecule has 0 aromatic carbocycles. The average Bonchev–Trinajstić information content (AvgIpc) is 3.99. The monoisotopic (exact) mass is 911 g/mol. The second-order valence-electron chi connectivity index (χ2n) is 15.8. The number of amides is 2. The predicted molar refractivity (Wildman–Crippen MR) is 238 cm³/mol. The molecule has 2 saturated heterocycles. The van der Waals surface area contributed by atoms with E-state index in [1.165, 1.54) is 4.68 Å². The van der Waals surface area contributed by atoms with Crippen LogP contribution in [0.2, 0.25) is 0 Å². The van der Waals surface area contributed by atoms with Crippen molar-refractivity contribution in [3.05, 3.63) is 23.8 Å². The molecule has 0 spiro atoms. The molecule has 3 aromatic rings. The molecule has 0 saturated carbocycles. The lowest BCUT2D eigenvalue weighted by Crippen LogP contribution is -2.53. The molecular weight excluding hydrogens is 845 g/mol. The first-order chi connectivity index (χ1) is 31.6. The number of carboxylic acids is 1. The van der Waals surface area contributed by atoms with E-state index >= 15 is 0 Å². The Bertz CT molecular complexity index is 1940. The minimum atomic E-state index is -1.00. The Balaban J connectivity index is 1.23. The molecule has 2 aliphatic heterocycles. The van der Waals surface area contributed by atoms with Crippen molar-refractivity contribution < 1.29 is 38.8 Å². The van der Waals surface area contributed by atoms with Gasteiger partial charge in [-0.2, -0.15) is 15.0 Å². The van der Waals surface area contributed by atoms with Gasteiger partial charge < -0.3 is 60.8 Å². The highest BCUT2D eigenvalue weighted by molar-refractivity contribution is 5.81. The van der Waals surface area contributed by atoms with Crippen molar-refractivity contribution in [1.82, 2.24) is 54.7 Å². The second kappa shape index (κ2) is 27.0. The smallest absolute Gasteiger partial charge is 0.303 e. The van der Waals surface area contributed by atoms with Crippen LogP contribution in [-0.2, 0) is 41.4 Å². The maximum Gasteiger partial charge on any atom is 0.303 e. The van der Waals surface area contributed by atoms with Crippen molar-refractivity contribution in [2.45, 2.75) is 76.5 Å². The zero-order valence-corrected chi connectivity index (χ0v) is 37.5. The summed E-state index contributed by atoms with van der Waals surface area (Å²) in [5.74, 6) is 2.34. The van der Waals surface area contributed by atoms with E-state index in [0.717, 1.165) is 25.0 Å². The van der Waals surface area contributed by atoms with Gasteiger partial charge in [0.1, 0.15) is 12.6 Å². The fourth-order valence-corrected chi connectivity index (χ4v) is 7.39. The van der Waals surface area contributed by atoms with Gasteiger partial charge in [0.25, 0.3) is 0 Å². The van der Waals surface area contributed by atoms with Crippen molar-refractivity contribution >= 4 is 35.6 Å². The quantitative estimate of drug-likeness (QED) is 0.0401. The molecule has 0 aliphatic carbocycles. The van der Waals surface area contributed by atoms with E-state index in [1.54, 1.807) is 33.8 Å². The van der Waals surface area contributed by atoms with Gasteiger partial charge in [0.05, 0.1) is 56.9 Å². The highest BCUT2D eigenvalue weighted by Crippen LogP contribution is 2.24. The Hall–Kier alpha value is -5.58. The number of hydrogen-bond acceptors (Lipinski definition) is 19. The number of carboxylic acid groups (broad SMARTS) is 1. The van der Waals surface area contributed by atoms with Crippen molar-refractivity contribution in [3.8, 4) is 12.3 Å². The van der Waals surface area contributed by atoms with Gasteiger partial charge in [0.15, 0.2) is 6.04 Å². The van der Waals surface area contributed by atoms with Gasteiger partial charge in [-0.05, 0) is 58.5 Å². The molecule has 0 bridgehead atoms. The number of ether oxygens (including phenoxy) is 3. The van der Waals surface area contributed by atoms with Gasteiger partial charge in [-0.3, -0.25) is 14.4 Å². The first-order valence-electron chi connectivity index (χ1n) is 22.5. The van der Waals surface area contributed by atoms with Crippen LogP contribution in [0, 0.1) is 12.3 Å². The van der Waals surface area contributed by atoms with Gasteiger partial charge >= 0.3 is 5.97 Å². The summed E-state index contributed by atoms with van der Waals surface area (Å²) in [6.45, 7) is 8.52. The zero-order chi connectivity index (χ0) is 46.4. The summed E-state index contributed by atoms with van der Waals surface area (Å²) in [5.41, 5.74) is 12.6. The number of aliphatic carboxylic acids is 1. The minimum Gasteiger partial charge on any atom is -0.481 e. The average molecular weight is 911 g/mol. The van der Waals surface area contributed by atoms with Crippen molar-refractivity contribution in [1.29, 1.82) is 0 Å². The number of nitrogens with one attached hydrogen (secondary N) is 1. The van der Waals surface area contributed by atoms with E-state index in [4.69, 9.17) is 52.2 Å². The second-order valence-corrected chi connectivity index (χ2v) is 15.8. The number of aliphatic hydroxyl groups excluding tert-OH is 1.